The topological polar surface area (TPSA) is 114 Å². The number of fused-ring (bicyclic) bond motifs is 1. The summed E-state index contributed by atoms with van der Waals surface area (Å²) in [5.74, 6) is -0.759. The predicted molar refractivity (Wildman–Crippen MR) is 174 cm³/mol. The molecule has 2 aromatic heterocycles. The van der Waals surface area contributed by atoms with Crippen LogP contribution in [0.5, 0.6) is 0 Å². The minimum atomic E-state index is -4.24. The van der Waals surface area contributed by atoms with Crippen molar-refractivity contribution in [3.05, 3.63) is 65.0 Å². The smallest absolute Gasteiger partial charge is 0.414 e. The number of carbonyl (C=O) groups is 1. The van der Waals surface area contributed by atoms with Gasteiger partial charge in [-0.25, -0.2) is 32.6 Å². The minimum absolute atomic E-state index is 0.0270. The lowest BCUT2D eigenvalue weighted by Crippen LogP contribution is -2.35. The van der Waals surface area contributed by atoms with Gasteiger partial charge >= 0.3 is 6.09 Å². The maximum absolute atomic E-state index is 16.3. The van der Waals surface area contributed by atoms with E-state index in [0.717, 1.165) is 5.01 Å². The third-order valence-corrected chi connectivity index (χ3v) is 10.2. The van der Waals surface area contributed by atoms with E-state index < -0.39 is 27.5 Å². The van der Waals surface area contributed by atoms with E-state index in [1.165, 1.54) is 40.1 Å². The minimum Gasteiger partial charge on any atom is -0.443 e. The number of thioether (sulfide) groups is 1. The van der Waals surface area contributed by atoms with Crippen LogP contribution < -0.4 is 9.62 Å². The number of nitrogens with one attached hydrogen (secondary N) is 1. The number of halogens is 1. The van der Waals surface area contributed by atoms with Crippen molar-refractivity contribution in [2.24, 2.45) is 0 Å². The molecule has 0 radical (unpaired) electrons. The Morgan fingerprint density at radius 3 is 2.48 bits per heavy atom. The highest BCUT2D eigenvalue weighted by molar-refractivity contribution is 7.98. The second kappa shape index (κ2) is 11.8. The van der Waals surface area contributed by atoms with Crippen molar-refractivity contribution in [1.29, 1.82) is 0 Å². The average molecular weight is 656 g/mol. The third kappa shape index (κ3) is 6.45. The van der Waals surface area contributed by atoms with Gasteiger partial charge in [0.05, 0.1) is 37.5 Å². The number of rotatable bonds is 6. The number of carbonyl (C=O) groups excluding carboxylic acids is 1. The molecule has 2 aromatic carbocycles. The van der Waals surface area contributed by atoms with E-state index in [2.05, 4.69) is 14.7 Å². The first kappa shape index (κ1) is 31.9. The fourth-order valence-corrected chi connectivity index (χ4v) is 7.53. The van der Waals surface area contributed by atoms with Crippen LogP contribution in [0.15, 0.2) is 58.7 Å². The maximum Gasteiger partial charge on any atom is 0.414 e. The zero-order valence-electron chi connectivity index (χ0n) is 25.6. The van der Waals surface area contributed by atoms with E-state index >= 15 is 4.39 Å². The first-order valence-corrected chi connectivity index (χ1v) is 17.4. The largest absolute Gasteiger partial charge is 0.443 e. The van der Waals surface area contributed by atoms with Gasteiger partial charge in [-0.2, -0.15) is 0 Å². The lowest BCUT2D eigenvalue weighted by atomic mass is 9.98. The molecule has 9 nitrogen and oxygen atoms in total. The summed E-state index contributed by atoms with van der Waals surface area (Å²) >= 11 is 2.82. The maximum atomic E-state index is 16.3. The lowest BCUT2D eigenvalue weighted by molar-refractivity contribution is 0.0584. The summed E-state index contributed by atoms with van der Waals surface area (Å²) in [5, 5.41) is 1.35. The number of benzene rings is 2. The number of anilines is 2. The van der Waals surface area contributed by atoms with E-state index in [1.807, 2.05) is 27.0 Å². The van der Waals surface area contributed by atoms with E-state index in [0.29, 0.717) is 39.1 Å². The Bertz CT molecular complexity index is 1850. The average Bonchev–Trinajstić information content (AvgIpc) is 3.58. The molecule has 0 unspecified atom stereocenters. The molecular weight excluding hydrogens is 622 g/mol. The first-order chi connectivity index (χ1) is 20.6. The fourth-order valence-electron chi connectivity index (χ4n) is 4.72. The van der Waals surface area contributed by atoms with Crippen molar-refractivity contribution < 1.29 is 22.3 Å². The SMILES string of the molecule is CSc1nccc(-c2sc(C(C)(C)C)nc2-c2cccc(NS(=O)(=O)c3cccc4c3CCN4C(=O)OC(C)(C)C)c2F)n1. The third-order valence-electron chi connectivity index (χ3n) is 6.70. The molecule has 4 aromatic rings. The molecule has 1 aliphatic heterocycles. The van der Waals surface area contributed by atoms with Crippen LogP contribution in [0.3, 0.4) is 0 Å². The van der Waals surface area contributed by atoms with E-state index in [4.69, 9.17) is 9.72 Å². The highest BCUT2D eigenvalue weighted by Crippen LogP contribution is 2.42. The quantitative estimate of drug-likeness (QED) is 0.168. The zero-order chi connectivity index (χ0) is 32.0. The van der Waals surface area contributed by atoms with Crippen LogP contribution in [0.1, 0.15) is 52.1 Å². The number of nitrogens with zero attached hydrogens (tertiary/aromatic N) is 4. The van der Waals surface area contributed by atoms with Crippen molar-refractivity contribution in [2.45, 2.75) is 69.0 Å². The van der Waals surface area contributed by atoms with Crippen molar-refractivity contribution in [1.82, 2.24) is 15.0 Å². The molecule has 232 valence electrons. The Balaban J connectivity index is 1.53. The van der Waals surface area contributed by atoms with Crippen molar-refractivity contribution >= 4 is 50.6 Å². The Morgan fingerprint density at radius 2 is 1.80 bits per heavy atom. The molecule has 0 spiro atoms. The molecule has 44 heavy (non-hydrogen) atoms. The van der Waals surface area contributed by atoms with E-state index in [9.17, 15) is 13.2 Å². The Morgan fingerprint density at radius 1 is 1.07 bits per heavy atom. The van der Waals surface area contributed by atoms with Gasteiger partial charge in [0.1, 0.15) is 5.60 Å². The summed E-state index contributed by atoms with van der Waals surface area (Å²) in [7, 11) is -4.24. The van der Waals surface area contributed by atoms with Crippen LogP contribution >= 0.6 is 23.1 Å². The van der Waals surface area contributed by atoms with Gasteiger partial charge in [-0.15, -0.1) is 11.3 Å². The number of hydrogen-bond acceptors (Lipinski definition) is 9. The molecule has 0 bridgehead atoms. The normalized spacial score (nSPS) is 13.6. The van der Waals surface area contributed by atoms with Gasteiger partial charge in [0.2, 0.25) is 0 Å². The molecule has 1 aliphatic rings. The van der Waals surface area contributed by atoms with Crippen LogP contribution in [-0.2, 0) is 26.6 Å². The summed E-state index contributed by atoms with van der Waals surface area (Å²) in [6, 6.07) is 11.0. The van der Waals surface area contributed by atoms with Crippen LogP contribution in [-0.4, -0.2) is 47.9 Å². The Labute approximate surface area is 265 Å². The molecule has 0 atom stereocenters. The number of thiazole rings is 1. The summed E-state index contributed by atoms with van der Waals surface area (Å²) in [6.07, 6.45) is 3.28. The molecule has 5 rings (SSSR count). The van der Waals surface area contributed by atoms with Gasteiger partial charge < -0.3 is 4.74 Å². The van der Waals surface area contributed by atoms with Gasteiger partial charge in [-0.1, -0.05) is 44.7 Å². The molecule has 13 heteroatoms. The molecule has 1 N–H and O–H groups in total. The number of ether oxygens (including phenoxy) is 1. The highest BCUT2D eigenvalue weighted by atomic mass is 32.2. The molecule has 3 heterocycles. The van der Waals surface area contributed by atoms with Gasteiger partial charge in [0.15, 0.2) is 11.0 Å². The van der Waals surface area contributed by atoms with Crippen molar-refractivity contribution in [2.75, 3.05) is 22.4 Å². The molecular formula is C31H34FN5O4S3. The lowest BCUT2D eigenvalue weighted by Gasteiger charge is -2.25. The molecule has 0 aliphatic carbocycles. The summed E-state index contributed by atoms with van der Waals surface area (Å²) in [5.41, 5.74) is 0.800. The van der Waals surface area contributed by atoms with E-state index in [-0.39, 0.29) is 28.1 Å². The standard InChI is InChI=1S/C31H34FN5O4S3/c1-30(2,3)27-35-25(26(43-27)21-14-16-33-28(34-21)42-7)19-10-8-11-20(24(19)32)36-44(39,40)23-13-9-12-22-18(23)15-17-37(22)29(38)41-31(4,5)6/h8-14,16,36H,15,17H2,1-7H3. The van der Waals surface area contributed by atoms with Gasteiger partial charge in [-0.3, -0.25) is 9.62 Å². The molecule has 0 saturated carbocycles. The molecule has 0 fully saturated rings. The number of sulfonamides is 1. The molecule has 0 saturated heterocycles. The van der Waals surface area contributed by atoms with Crippen LogP contribution in [0.25, 0.3) is 21.8 Å². The van der Waals surface area contributed by atoms with Gasteiger partial charge in [-0.05, 0) is 69.3 Å². The second-order valence-electron chi connectivity index (χ2n) is 12.3. The van der Waals surface area contributed by atoms with Crippen LogP contribution in [0, 0.1) is 5.82 Å². The van der Waals surface area contributed by atoms with Gasteiger partial charge in [0, 0.05) is 23.7 Å². The monoisotopic (exact) mass is 655 g/mol. The molecule has 1 amide bonds. The van der Waals surface area contributed by atoms with Crippen molar-refractivity contribution in [3.8, 4) is 21.8 Å². The van der Waals surface area contributed by atoms with Crippen LogP contribution in [0.4, 0.5) is 20.6 Å². The van der Waals surface area contributed by atoms with E-state index in [1.54, 1.807) is 57.3 Å². The van der Waals surface area contributed by atoms with Gasteiger partial charge in [0.25, 0.3) is 10.0 Å². The predicted octanol–water partition coefficient (Wildman–Crippen LogP) is 7.52. The zero-order valence-corrected chi connectivity index (χ0v) is 28.0. The number of amides is 1. The Kier molecular flexibility index (Phi) is 8.51. The summed E-state index contributed by atoms with van der Waals surface area (Å²) in [4.78, 5) is 28.5. The summed E-state index contributed by atoms with van der Waals surface area (Å²) < 4.78 is 51.7. The number of hydrogen-bond donors (Lipinski definition) is 1. The number of aromatic nitrogens is 3. The highest BCUT2D eigenvalue weighted by Gasteiger charge is 2.33. The fraction of sp³-hybridized carbons (Fsp3) is 0.355. The Hall–Kier alpha value is -3.55. The van der Waals surface area contributed by atoms with Crippen LogP contribution in [0.2, 0.25) is 0 Å². The van der Waals surface area contributed by atoms with Crippen molar-refractivity contribution in [3.63, 3.8) is 0 Å². The first-order valence-electron chi connectivity index (χ1n) is 13.9. The second-order valence-corrected chi connectivity index (χ2v) is 15.7. The summed E-state index contributed by atoms with van der Waals surface area (Å²) in [6.45, 7) is 11.6.